The van der Waals surface area contributed by atoms with Crippen molar-refractivity contribution >= 4 is 11.3 Å². The zero-order chi connectivity index (χ0) is 12.4. The van der Waals surface area contributed by atoms with Crippen molar-refractivity contribution in [3.63, 3.8) is 0 Å². The second-order valence-corrected chi connectivity index (χ2v) is 5.57. The molecule has 96 valence electrons. The van der Waals surface area contributed by atoms with Crippen molar-refractivity contribution in [1.82, 2.24) is 20.4 Å². The minimum absolute atomic E-state index is 0.640. The zero-order valence-electron chi connectivity index (χ0n) is 10.5. The van der Waals surface area contributed by atoms with Crippen molar-refractivity contribution in [1.29, 1.82) is 0 Å². The van der Waals surface area contributed by atoms with Crippen LogP contribution in [0, 0.1) is 0 Å². The SMILES string of the molecule is CNC1CCN(Cc2cn[nH]c2-c2ccsc2)C1. The van der Waals surface area contributed by atoms with Crippen LogP contribution in [0.1, 0.15) is 12.0 Å². The number of likely N-dealkylation sites (tertiary alicyclic amines) is 1. The average molecular weight is 262 g/mol. The normalized spacial score (nSPS) is 20.6. The molecule has 1 saturated heterocycles. The van der Waals surface area contributed by atoms with E-state index in [9.17, 15) is 0 Å². The van der Waals surface area contributed by atoms with E-state index < -0.39 is 0 Å². The third kappa shape index (κ3) is 2.34. The average Bonchev–Trinajstić information content (AvgIpc) is 3.09. The Morgan fingerprint density at radius 3 is 3.28 bits per heavy atom. The molecule has 0 spiro atoms. The van der Waals surface area contributed by atoms with Gasteiger partial charge in [-0.1, -0.05) is 0 Å². The summed E-state index contributed by atoms with van der Waals surface area (Å²) >= 11 is 1.72. The van der Waals surface area contributed by atoms with Crippen molar-refractivity contribution in [2.75, 3.05) is 20.1 Å². The maximum absolute atomic E-state index is 4.20. The molecule has 1 atom stereocenters. The summed E-state index contributed by atoms with van der Waals surface area (Å²) in [7, 11) is 2.04. The third-order valence-corrected chi connectivity index (χ3v) is 4.29. The molecular weight excluding hydrogens is 244 g/mol. The monoisotopic (exact) mass is 262 g/mol. The lowest BCUT2D eigenvalue weighted by atomic mass is 10.1. The summed E-state index contributed by atoms with van der Waals surface area (Å²) < 4.78 is 0. The summed E-state index contributed by atoms with van der Waals surface area (Å²) in [5.41, 5.74) is 3.71. The van der Waals surface area contributed by atoms with Crippen LogP contribution in [-0.2, 0) is 6.54 Å². The van der Waals surface area contributed by atoms with Crippen molar-refractivity contribution in [2.24, 2.45) is 0 Å². The van der Waals surface area contributed by atoms with Crippen molar-refractivity contribution in [3.8, 4) is 11.3 Å². The molecule has 2 N–H and O–H groups in total. The molecule has 0 bridgehead atoms. The van der Waals surface area contributed by atoms with Crippen LogP contribution < -0.4 is 5.32 Å². The first-order valence-corrected chi connectivity index (χ1v) is 7.25. The second-order valence-electron chi connectivity index (χ2n) is 4.79. The van der Waals surface area contributed by atoms with Crippen molar-refractivity contribution in [2.45, 2.75) is 19.0 Å². The highest BCUT2D eigenvalue weighted by atomic mass is 32.1. The predicted molar refractivity (Wildman–Crippen MR) is 74.6 cm³/mol. The van der Waals surface area contributed by atoms with Crippen LogP contribution in [0.5, 0.6) is 0 Å². The van der Waals surface area contributed by atoms with E-state index >= 15 is 0 Å². The van der Waals surface area contributed by atoms with E-state index in [1.54, 1.807) is 11.3 Å². The number of hydrogen-bond acceptors (Lipinski definition) is 4. The minimum atomic E-state index is 0.640. The number of H-pyrrole nitrogens is 1. The lowest BCUT2D eigenvalue weighted by molar-refractivity contribution is 0.323. The maximum atomic E-state index is 4.20. The first kappa shape index (κ1) is 11.9. The third-order valence-electron chi connectivity index (χ3n) is 3.60. The van der Waals surface area contributed by atoms with Gasteiger partial charge in [-0.05, 0) is 24.9 Å². The molecule has 0 saturated carbocycles. The van der Waals surface area contributed by atoms with E-state index in [1.165, 1.54) is 29.8 Å². The Bertz CT molecular complexity index is 491. The van der Waals surface area contributed by atoms with Gasteiger partial charge in [0.25, 0.3) is 0 Å². The van der Waals surface area contributed by atoms with Crippen LogP contribution >= 0.6 is 11.3 Å². The minimum Gasteiger partial charge on any atom is -0.316 e. The highest BCUT2D eigenvalue weighted by Gasteiger charge is 2.22. The molecule has 18 heavy (non-hydrogen) atoms. The number of likely N-dealkylation sites (N-methyl/N-ethyl adjacent to an activating group) is 1. The molecule has 2 aromatic heterocycles. The predicted octanol–water partition coefficient (Wildman–Crippen LogP) is 1.93. The van der Waals surface area contributed by atoms with Gasteiger partial charge in [0.05, 0.1) is 11.9 Å². The molecule has 0 aromatic carbocycles. The highest BCUT2D eigenvalue weighted by molar-refractivity contribution is 7.08. The zero-order valence-corrected chi connectivity index (χ0v) is 11.3. The van der Waals surface area contributed by atoms with Crippen LogP contribution in [0.2, 0.25) is 0 Å². The van der Waals surface area contributed by atoms with E-state index in [-0.39, 0.29) is 0 Å². The Morgan fingerprint density at radius 1 is 1.61 bits per heavy atom. The molecule has 2 aromatic rings. The standard InChI is InChI=1S/C13H18N4S/c1-14-12-2-4-17(8-12)7-11-6-15-16-13(11)10-3-5-18-9-10/h3,5-6,9,12,14H,2,4,7-8H2,1H3,(H,15,16). The fourth-order valence-electron chi connectivity index (χ4n) is 2.54. The number of nitrogens with one attached hydrogen (secondary N) is 2. The van der Waals surface area contributed by atoms with E-state index in [0.29, 0.717) is 6.04 Å². The highest BCUT2D eigenvalue weighted by Crippen LogP contribution is 2.25. The summed E-state index contributed by atoms with van der Waals surface area (Å²) in [5.74, 6) is 0. The molecule has 3 heterocycles. The smallest absolute Gasteiger partial charge is 0.0703 e. The lowest BCUT2D eigenvalue weighted by Gasteiger charge is -2.15. The number of thiophene rings is 1. The van der Waals surface area contributed by atoms with Crippen molar-refractivity contribution in [3.05, 3.63) is 28.6 Å². The summed E-state index contributed by atoms with van der Waals surface area (Å²) in [4.78, 5) is 2.49. The topological polar surface area (TPSA) is 44.0 Å². The van der Waals surface area contributed by atoms with E-state index in [2.05, 4.69) is 37.2 Å². The Kier molecular flexibility index (Phi) is 3.45. The van der Waals surface area contributed by atoms with Crippen LogP contribution in [0.4, 0.5) is 0 Å². The summed E-state index contributed by atoms with van der Waals surface area (Å²) in [6.45, 7) is 3.28. The second kappa shape index (κ2) is 5.22. The van der Waals surface area contributed by atoms with Gasteiger partial charge in [-0.2, -0.15) is 16.4 Å². The summed E-state index contributed by atoms with van der Waals surface area (Å²) in [6, 6.07) is 2.78. The van der Waals surface area contributed by atoms with Crippen LogP contribution in [-0.4, -0.2) is 41.3 Å². The summed E-state index contributed by atoms with van der Waals surface area (Å²) in [5, 5.41) is 14.9. The number of aromatic nitrogens is 2. The molecule has 0 radical (unpaired) electrons. The molecule has 4 nitrogen and oxygen atoms in total. The van der Waals surface area contributed by atoms with Crippen LogP contribution in [0.15, 0.2) is 23.0 Å². The van der Waals surface area contributed by atoms with Crippen LogP contribution in [0.3, 0.4) is 0 Å². The van der Waals surface area contributed by atoms with E-state index in [4.69, 9.17) is 0 Å². The molecule has 1 fully saturated rings. The molecule has 1 aliphatic heterocycles. The van der Waals surface area contributed by atoms with Gasteiger partial charge in [-0.15, -0.1) is 0 Å². The number of nitrogens with zero attached hydrogens (tertiary/aromatic N) is 2. The Hall–Kier alpha value is -1.17. The van der Waals surface area contributed by atoms with Crippen LogP contribution in [0.25, 0.3) is 11.3 Å². The first-order valence-electron chi connectivity index (χ1n) is 6.31. The Morgan fingerprint density at radius 2 is 2.56 bits per heavy atom. The molecule has 0 aliphatic carbocycles. The Balaban J connectivity index is 1.72. The molecular formula is C13H18N4S. The molecule has 1 unspecified atom stereocenters. The maximum Gasteiger partial charge on any atom is 0.0703 e. The lowest BCUT2D eigenvalue weighted by Crippen LogP contribution is -2.29. The van der Waals surface area contributed by atoms with E-state index in [1.807, 2.05) is 13.2 Å². The number of rotatable bonds is 4. The van der Waals surface area contributed by atoms with Gasteiger partial charge >= 0.3 is 0 Å². The fourth-order valence-corrected chi connectivity index (χ4v) is 3.19. The van der Waals surface area contributed by atoms with Crippen molar-refractivity contribution < 1.29 is 0 Å². The van der Waals surface area contributed by atoms with Gasteiger partial charge in [0.15, 0.2) is 0 Å². The molecule has 3 rings (SSSR count). The molecule has 1 aliphatic rings. The quantitative estimate of drug-likeness (QED) is 0.885. The molecule has 0 amide bonds. The fraction of sp³-hybridized carbons (Fsp3) is 0.462. The van der Waals surface area contributed by atoms with Gasteiger partial charge in [-0.25, -0.2) is 0 Å². The largest absolute Gasteiger partial charge is 0.316 e. The van der Waals surface area contributed by atoms with Gasteiger partial charge < -0.3 is 5.32 Å². The van der Waals surface area contributed by atoms with Gasteiger partial charge in [-0.3, -0.25) is 10.00 Å². The van der Waals surface area contributed by atoms with Gasteiger partial charge in [0.2, 0.25) is 0 Å². The Labute approximate surface area is 111 Å². The first-order chi connectivity index (χ1) is 8.86. The number of hydrogen-bond donors (Lipinski definition) is 2. The van der Waals surface area contributed by atoms with Gasteiger partial charge in [0.1, 0.15) is 0 Å². The van der Waals surface area contributed by atoms with Gasteiger partial charge in [0, 0.05) is 42.2 Å². The van der Waals surface area contributed by atoms with E-state index in [0.717, 1.165) is 13.1 Å². The summed E-state index contributed by atoms with van der Waals surface area (Å²) in [6.07, 6.45) is 3.20. The number of aromatic amines is 1. The molecule has 5 heteroatoms.